The van der Waals surface area contributed by atoms with E-state index in [9.17, 15) is 0 Å². The molecule has 1 heterocycles. The van der Waals surface area contributed by atoms with Crippen molar-refractivity contribution in [3.63, 3.8) is 0 Å². The molecule has 1 aliphatic heterocycles. The van der Waals surface area contributed by atoms with Crippen LogP contribution in [-0.4, -0.2) is 47.6 Å². The van der Waals surface area contributed by atoms with Crippen LogP contribution in [0.1, 0.15) is 79.1 Å². The Bertz CT molecular complexity index is 271. The van der Waals surface area contributed by atoms with Crippen LogP contribution in [0.15, 0.2) is 0 Å². The van der Waals surface area contributed by atoms with Crippen LogP contribution in [0, 0.1) is 5.92 Å². The lowest BCUT2D eigenvalue weighted by Crippen LogP contribution is -2.58. The maximum atomic E-state index is 2.76. The first kappa shape index (κ1) is 17.3. The summed E-state index contributed by atoms with van der Waals surface area (Å²) in [7, 11) is 0. The van der Waals surface area contributed by atoms with Crippen molar-refractivity contribution in [3.8, 4) is 0 Å². The number of hydrogen-bond acceptors (Lipinski definition) is 2. The molecule has 0 aromatic heterocycles. The second-order valence-corrected chi connectivity index (χ2v) is 7.98. The van der Waals surface area contributed by atoms with Gasteiger partial charge in [-0.3, -0.25) is 9.80 Å². The minimum atomic E-state index is 0.698. The molecule has 2 heteroatoms. The molecule has 0 spiro atoms. The van der Waals surface area contributed by atoms with Crippen LogP contribution in [0.4, 0.5) is 0 Å². The molecular weight excluding hydrogens is 256 g/mol. The fraction of sp³-hybridized carbons (Fsp3) is 1.00. The Morgan fingerprint density at radius 2 is 1.52 bits per heavy atom. The molecule has 0 aromatic rings. The maximum absolute atomic E-state index is 2.76. The molecule has 2 rings (SSSR count). The minimum absolute atomic E-state index is 0.698. The summed E-state index contributed by atoms with van der Waals surface area (Å²) in [5, 5.41) is 0. The molecular formula is C19H38N2. The third kappa shape index (κ3) is 5.25. The first-order valence-corrected chi connectivity index (χ1v) is 9.57. The summed E-state index contributed by atoms with van der Waals surface area (Å²) in [5.74, 6) is 1.06. The molecule has 0 amide bonds. The van der Waals surface area contributed by atoms with Crippen molar-refractivity contribution in [2.24, 2.45) is 5.92 Å². The number of piperazine rings is 1. The van der Waals surface area contributed by atoms with Crippen LogP contribution >= 0.6 is 0 Å². The van der Waals surface area contributed by atoms with E-state index in [0.717, 1.165) is 18.0 Å². The van der Waals surface area contributed by atoms with Gasteiger partial charge in [-0.05, 0) is 46.6 Å². The van der Waals surface area contributed by atoms with Crippen molar-refractivity contribution >= 4 is 0 Å². The average molecular weight is 295 g/mol. The highest BCUT2D eigenvalue weighted by Gasteiger charge is 2.29. The summed E-state index contributed by atoms with van der Waals surface area (Å²) in [6, 6.07) is 2.15. The van der Waals surface area contributed by atoms with Gasteiger partial charge < -0.3 is 0 Å². The van der Waals surface area contributed by atoms with Gasteiger partial charge in [0, 0.05) is 31.2 Å². The molecule has 2 atom stereocenters. The first-order chi connectivity index (χ1) is 10.1. The van der Waals surface area contributed by atoms with E-state index in [-0.39, 0.29) is 0 Å². The standard InChI is InChI=1S/C19H38N2/c1-16(2)20-14-17(3)21(18(4)15-20)13-9-8-12-19-10-6-5-7-11-19/h16-19H,5-15H2,1-4H3/t17-,18?/m0/s1. The van der Waals surface area contributed by atoms with Crippen LogP contribution in [0.5, 0.6) is 0 Å². The quantitative estimate of drug-likeness (QED) is 0.664. The SMILES string of the molecule is CC(C)N1CC(C)N(CCCCC2CCCCC2)[C@@H](C)C1. The van der Waals surface area contributed by atoms with Crippen molar-refractivity contribution in [2.75, 3.05) is 19.6 Å². The molecule has 2 fully saturated rings. The molecule has 2 nitrogen and oxygen atoms in total. The van der Waals surface area contributed by atoms with E-state index < -0.39 is 0 Å². The predicted octanol–water partition coefficient (Wildman–Crippen LogP) is 4.54. The second-order valence-electron chi connectivity index (χ2n) is 7.98. The van der Waals surface area contributed by atoms with Crippen LogP contribution in [0.2, 0.25) is 0 Å². The highest BCUT2D eigenvalue weighted by molar-refractivity contribution is 4.86. The van der Waals surface area contributed by atoms with Gasteiger partial charge in [0.25, 0.3) is 0 Å². The van der Waals surface area contributed by atoms with E-state index >= 15 is 0 Å². The zero-order valence-corrected chi connectivity index (χ0v) is 15.0. The van der Waals surface area contributed by atoms with Gasteiger partial charge in [0.15, 0.2) is 0 Å². The lowest BCUT2D eigenvalue weighted by molar-refractivity contribution is 0.0226. The topological polar surface area (TPSA) is 6.48 Å². The van der Waals surface area contributed by atoms with Gasteiger partial charge in [0.05, 0.1) is 0 Å². The van der Waals surface area contributed by atoms with Crippen molar-refractivity contribution in [1.29, 1.82) is 0 Å². The number of unbranched alkanes of at least 4 members (excludes halogenated alkanes) is 1. The Morgan fingerprint density at radius 1 is 0.905 bits per heavy atom. The van der Waals surface area contributed by atoms with Crippen molar-refractivity contribution in [3.05, 3.63) is 0 Å². The number of hydrogen-bond donors (Lipinski definition) is 0. The summed E-state index contributed by atoms with van der Waals surface area (Å²) in [6.45, 7) is 13.3. The molecule has 1 unspecified atom stereocenters. The summed E-state index contributed by atoms with van der Waals surface area (Å²) in [5.41, 5.74) is 0. The maximum Gasteiger partial charge on any atom is 0.0198 e. The molecule has 2 aliphatic rings. The predicted molar refractivity (Wildman–Crippen MR) is 92.8 cm³/mol. The Hall–Kier alpha value is -0.0800. The minimum Gasteiger partial charge on any atom is -0.298 e. The Kier molecular flexibility index (Phi) is 7.01. The van der Waals surface area contributed by atoms with Gasteiger partial charge in [-0.2, -0.15) is 0 Å². The van der Waals surface area contributed by atoms with Crippen LogP contribution in [-0.2, 0) is 0 Å². The van der Waals surface area contributed by atoms with E-state index in [1.807, 2.05) is 0 Å². The highest BCUT2D eigenvalue weighted by atomic mass is 15.3. The molecule has 0 N–H and O–H groups in total. The summed E-state index contributed by atoms with van der Waals surface area (Å²) >= 11 is 0. The van der Waals surface area contributed by atoms with Crippen molar-refractivity contribution < 1.29 is 0 Å². The lowest BCUT2D eigenvalue weighted by Gasteiger charge is -2.46. The van der Waals surface area contributed by atoms with Gasteiger partial charge in [-0.1, -0.05) is 44.9 Å². The molecule has 21 heavy (non-hydrogen) atoms. The zero-order valence-electron chi connectivity index (χ0n) is 15.0. The summed E-state index contributed by atoms with van der Waals surface area (Å²) < 4.78 is 0. The van der Waals surface area contributed by atoms with Crippen LogP contribution in [0.25, 0.3) is 0 Å². The lowest BCUT2D eigenvalue weighted by atomic mass is 9.86. The summed E-state index contributed by atoms with van der Waals surface area (Å²) in [4.78, 5) is 5.41. The normalized spacial score (nSPS) is 30.1. The van der Waals surface area contributed by atoms with E-state index in [2.05, 4.69) is 37.5 Å². The smallest absolute Gasteiger partial charge is 0.0198 e. The van der Waals surface area contributed by atoms with Gasteiger partial charge in [0.1, 0.15) is 0 Å². The third-order valence-corrected chi connectivity index (χ3v) is 5.86. The van der Waals surface area contributed by atoms with Gasteiger partial charge in [-0.25, -0.2) is 0 Å². The molecule has 0 aromatic carbocycles. The number of rotatable bonds is 6. The van der Waals surface area contributed by atoms with E-state index in [4.69, 9.17) is 0 Å². The fourth-order valence-electron chi connectivity index (χ4n) is 4.46. The third-order valence-electron chi connectivity index (χ3n) is 5.86. The van der Waals surface area contributed by atoms with Crippen molar-refractivity contribution in [2.45, 2.75) is 97.2 Å². The first-order valence-electron chi connectivity index (χ1n) is 9.57. The Labute approximate surface area is 133 Å². The number of nitrogens with zero attached hydrogens (tertiary/aromatic N) is 2. The van der Waals surface area contributed by atoms with Gasteiger partial charge in [-0.15, -0.1) is 0 Å². The van der Waals surface area contributed by atoms with Gasteiger partial charge in [0.2, 0.25) is 0 Å². The molecule has 0 radical (unpaired) electrons. The largest absolute Gasteiger partial charge is 0.298 e. The molecule has 124 valence electrons. The van der Waals surface area contributed by atoms with E-state index in [1.165, 1.54) is 71.0 Å². The summed E-state index contributed by atoms with van der Waals surface area (Å²) in [6.07, 6.45) is 11.9. The highest BCUT2D eigenvalue weighted by Crippen LogP contribution is 2.28. The fourth-order valence-corrected chi connectivity index (χ4v) is 4.46. The Balaban J connectivity index is 1.65. The second kappa shape index (κ2) is 8.53. The average Bonchev–Trinajstić information content (AvgIpc) is 2.46. The van der Waals surface area contributed by atoms with Gasteiger partial charge >= 0.3 is 0 Å². The van der Waals surface area contributed by atoms with E-state index in [1.54, 1.807) is 0 Å². The monoisotopic (exact) mass is 294 g/mol. The van der Waals surface area contributed by atoms with Crippen LogP contribution in [0.3, 0.4) is 0 Å². The van der Waals surface area contributed by atoms with E-state index in [0.29, 0.717) is 6.04 Å². The van der Waals surface area contributed by atoms with Crippen molar-refractivity contribution in [1.82, 2.24) is 9.80 Å². The zero-order chi connectivity index (χ0) is 15.2. The molecule has 0 bridgehead atoms. The molecule has 1 saturated carbocycles. The Morgan fingerprint density at radius 3 is 2.10 bits per heavy atom. The molecule has 1 saturated heterocycles. The van der Waals surface area contributed by atoms with Crippen LogP contribution < -0.4 is 0 Å². The molecule has 1 aliphatic carbocycles.